The highest BCUT2D eigenvalue weighted by Crippen LogP contribution is 2.31. The molecule has 25 heteroatoms. The molecule has 0 spiro atoms. The van der Waals surface area contributed by atoms with E-state index in [9.17, 15) is 19.2 Å². The van der Waals surface area contributed by atoms with E-state index in [4.69, 9.17) is 15.0 Å². The van der Waals surface area contributed by atoms with Crippen LogP contribution >= 0.6 is 0 Å². The van der Waals surface area contributed by atoms with Crippen LogP contribution in [-0.2, 0) is 21.1 Å². The van der Waals surface area contributed by atoms with Gasteiger partial charge in [0.25, 0.3) is 22.2 Å². The topological polar surface area (TPSA) is 252 Å². The first-order valence-electron chi connectivity index (χ1n) is 37.1. The zero-order chi connectivity index (χ0) is 75.3. The first-order chi connectivity index (χ1) is 53.5. The lowest BCUT2D eigenvalue weighted by Gasteiger charge is -2.29. The number of pyridine rings is 4. The summed E-state index contributed by atoms with van der Waals surface area (Å²) >= 11 is 0. The Kier molecular flexibility index (Phi) is 19.0. The van der Waals surface area contributed by atoms with E-state index < -0.39 is 0 Å². The summed E-state index contributed by atoms with van der Waals surface area (Å²) < 4.78 is 13.7. The van der Waals surface area contributed by atoms with Crippen LogP contribution in [0.2, 0.25) is 0 Å². The number of benzene rings is 3. The van der Waals surface area contributed by atoms with E-state index in [-0.39, 0.29) is 22.2 Å². The van der Waals surface area contributed by atoms with Crippen molar-refractivity contribution in [3.8, 4) is 45.2 Å². The van der Waals surface area contributed by atoms with E-state index >= 15 is 0 Å². The van der Waals surface area contributed by atoms with Crippen LogP contribution in [0.15, 0.2) is 227 Å². The average molecular weight is 1460 g/mol. The number of likely N-dealkylation sites (tertiary alicyclic amines) is 1. The molecule has 4 aliphatic rings. The van der Waals surface area contributed by atoms with Crippen LogP contribution in [0.5, 0.6) is 0 Å². The van der Waals surface area contributed by atoms with Crippen LogP contribution in [0.1, 0.15) is 66.0 Å². The number of nitrogens with zero attached hydrogens (tertiary/aromatic N) is 19. The smallest absolute Gasteiger partial charge is 0.258 e. The summed E-state index contributed by atoms with van der Waals surface area (Å²) in [7, 11) is 10.00. The van der Waals surface area contributed by atoms with Crippen molar-refractivity contribution in [2.75, 3.05) is 66.5 Å². The first kappa shape index (κ1) is 70.2. The molecule has 25 nitrogen and oxygen atoms in total. The summed E-state index contributed by atoms with van der Waals surface area (Å²) in [6.45, 7) is 9.75. The summed E-state index contributed by atoms with van der Waals surface area (Å²) in [5.74, 6) is 0.514. The molecule has 13 aromatic heterocycles. The molecule has 0 atom stereocenters. The fourth-order valence-electron chi connectivity index (χ4n) is 15.0. The third kappa shape index (κ3) is 14.6. The van der Waals surface area contributed by atoms with E-state index in [1.807, 2.05) is 179 Å². The molecule has 110 heavy (non-hydrogen) atoms. The van der Waals surface area contributed by atoms with Gasteiger partial charge in [0, 0.05) is 142 Å². The fourth-order valence-corrected chi connectivity index (χ4v) is 15.0. The molecule has 2 N–H and O–H groups in total. The Hall–Kier alpha value is -12.8. The molecule has 1 fully saturated rings. The zero-order valence-electron chi connectivity index (χ0n) is 62.0. The van der Waals surface area contributed by atoms with E-state index in [2.05, 4.69) is 95.3 Å². The standard InChI is InChI=1S/C22H23N5O.C22H21N5O.C21H19N5O.C20H18N6O/c1-25-9-7-15(8-10-25)17-4-6-21-24-19(12-22(28)27(21)14-17)16-3-5-20-18(11-16)13-23-26(20)2;1-25-9-7-15(8-10-25)17-4-6-21-23-20(12-22(28)27(21)14-17)16-3-5-19-18(11-16)13-26(2)24-19;1-25-12-17-10-15(2-4-18(17)24-25)19-11-21(27)26-13-16(3-5-20(26)23-19)14-6-8-22-9-7-14;1-13-11-26-16(10-22-13)8-18(24-26)17-9-20(27)25-12-15(2-3-19(25)23-17)14-4-6-21-7-5-14/h3-6,11-15H,7-10H2,1-2H3;3-7,11-14H,8-10H2,1-2H3;2-6,10-13,22H,7-9H2,1H3;2-4,8-12,21H,5-7H2,1H3. The number of hydrogen-bond acceptors (Lipinski definition) is 17. The number of likely N-dealkylation sites (N-methyl/N-ethyl adjacent to an activating group) is 1. The number of aryl methyl sites for hydroxylation is 4. The predicted octanol–water partition coefficient (Wildman–Crippen LogP) is 10.7. The second kappa shape index (κ2) is 29.7. The van der Waals surface area contributed by atoms with Crippen LogP contribution < -0.4 is 32.9 Å². The summed E-state index contributed by atoms with van der Waals surface area (Å²) in [6, 6.07) is 42.2. The van der Waals surface area contributed by atoms with Crippen LogP contribution in [0, 0.1) is 6.92 Å². The Morgan fingerprint density at radius 2 is 0.882 bits per heavy atom. The van der Waals surface area contributed by atoms with Crippen molar-refractivity contribution >= 4 is 77.5 Å². The van der Waals surface area contributed by atoms with Crippen molar-refractivity contribution in [2.24, 2.45) is 21.1 Å². The molecule has 550 valence electrons. The largest absolute Gasteiger partial charge is 0.313 e. The highest BCUT2D eigenvalue weighted by atomic mass is 16.1. The molecular formula is C85H81N21O4. The van der Waals surface area contributed by atoms with Crippen molar-refractivity contribution in [1.29, 1.82) is 0 Å². The molecular weight excluding hydrogens is 1380 g/mol. The Labute approximate surface area is 630 Å². The Morgan fingerprint density at radius 3 is 1.39 bits per heavy atom. The summed E-state index contributed by atoms with van der Waals surface area (Å²) in [5, 5.41) is 27.3. The average Bonchev–Trinajstić information content (AvgIpc) is 1.17. The van der Waals surface area contributed by atoms with E-state index in [1.165, 1.54) is 28.3 Å². The monoisotopic (exact) mass is 1460 g/mol. The van der Waals surface area contributed by atoms with E-state index in [0.717, 1.165) is 162 Å². The number of hydrogen-bond donors (Lipinski definition) is 2. The van der Waals surface area contributed by atoms with Gasteiger partial charge in [0.2, 0.25) is 0 Å². The molecule has 0 unspecified atom stereocenters. The van der Waals surface area contributed by atoms with Crippen LogP contribution in [0.25, 0.3) is 123 Å². The second-order valence-corrected chi connectivity index (χ2v) is 28.9. The number of aromatic nitrogens is 17. The number of fused-ring (bicyclic) bond motifs is 8. The van der Waals surface area contributed by atoms with Crippen molar-refractivity contribution < 1.29 is 0 Å². The quantitative estimate of drug-likeness (QED) is 0.143. The fraction of sp³-hybridized carbons (Fsp3) is 0.235. The van der Waals surface area contributed by atoms with Gasteiger partial charge in [-0.15, -0.1) is 0 Å². The van der Waals surface area contributed by atoms with Crippen LogP contribution in [-0.4, -0.2) is 158 Å². The summed E-state index contributed by atoms with van der Waals surface area (Å²) in [4.78, 5) is 78.8. The zero-order valence-corrected chi connectivity index (χ0v) is 62.0. The lowest BCUT2D eigenvalue weighted by atomic mass is 9.91. The van der Waals surface area contributed by atoms with Gasteiger partial charge in [-0.05, 0) is 209 Å². The maximum absolute atomic E-state index is 12.8. The molecule has 0 aliphatic carbocycles. The molecule has 3 aromatic carbocycles. The maximum Gasteiger partial charge on any atom is 0.258 e. The predicted molar refractivity (Wildman–Crippen MR) is 432 cm³/mol. The van der Waals surface area contributed by atoms with Crippen molar-refractivity contribution in [1.82, 2.24) is 102 Å². The lowest BCUT2D eigenvalue weighted by molar-refractivity contribution is 0.255. The van der Waals surface area contributed by atoms with E-state index in [1.54, 1.807) is 55.9 Å². The molecule has 0 bridgehead atoms. The number of nitrogens with one attached hydrogen (secondary N) is 2. The van der Waals surface area contributed by atoms with Crippen LogP contribution in [0.3, 0.4) is 0 Å². The number of rotatable bonds is 8. The highest BCUT2D eigenvalue weighted by Gasteiger charge is 2.21. The Balaban J connectivity index is 0.000000107. The Morgan fingerprint density at radius 1 is 0.409 bits per heavy atom. The molecule has 0 amide bonds. The second-order valence-electron chi connectivity index (χ2n) is 28.9. The third-order valence-corrected chi connectivity index (χ3v) is 21.1. The van der Waals surface area contributed by atoms with Gasteiger partial charge in [0.15, 0.2) is 0 Å². The Bertz CT molecular complexity index is 6530. The minimum Gasteiger partial charge on any atom is -0.313 e. The SMILES string of the molecule is CN1CC=C(c2ccc3nc(-c4ccc5nn(C)cc5c4)cc(=O)n3c2)CC1.CN1CCC(c2ccc3nc(-c4ccc5c(cnn5C)c4)cc(=O)n3c2)CC1.Cc1cn2nc(-c3cc(=O)n4cc(C5=CCNCC5)ccc4n3)cc2cn1.Cn1cc2cc(-c3cc(=O)n4cc(C5=CCNCC5)ccc4n3)ccc2n1. The minimum absolute atomic E-state index is 0.0407. The normalized spacial score (nSPS) is 15.2. The lowest BCUT2D eigenvalue weighted by Crippen LogP contribution is -2.29. The van der Waals surface area contributed by atoms with E-state index in [0.29, 0.717) is 57.0 Å². The maximum atomic E-state index is 12.8. The third-order valence-electron chi connectivity index (χ3n) is 21.1. The van der Waals surface area contributed by atoms with Gasteiger partial charge in [0.05, 0.1) is 69.1 Å². The van der Waals surface area contributed by atoms with Gasteiger partial charge in [0.1, 0.15) is 28.3 Å². The van der Waals surface area contributed by atoms with Gasteiger partial charge in [-0.1, -0.05) is 42.5 Å². The van der Waals surface area contributed by atoms with Crippen molar-refractivity contribution in [3.05, 3.63) is 277 Å². The van der Waals surface area contributed by atoms with Gasteiger partial charge in [-0.25, -0.2) is 24.5 Å². The van der Waals surface area contributed by atoms with Crippen molar-refractivity contribution in [3.63, 3.8) is 0 Å². The molecule has 1 saturated heterocycles. The molecule has 0 saturated carbocycles. The van der Waals surface area contributed by atoms with Gasteiger partial charge in [-0.3, -0.25) is 55.8 Å². The molecule has 0 radical (unpaired) electrons. The highest BCUT2D eigenvalue weighted by molar-refractivity contribution is 5.86. The number of piperidine rings is 1. The van der Waals surface area contributed by atoms with Gasteiger partial charge < -0.3 is 20.4 Å². The molecule has 16 aromatic rings. The molecule has 20 rings (SSSR count). The molecule has 4 aliphatic heterocycles. The van der Waals surface area contributed by atoms with Gasteiger partial charge in [-0.2, -0.15) is 20.4 Å². The first-order valence-corrected chi connectivity index (χ1v) is 37.1. The van der Waals surface area contributed by atoms with Crippen molar-refractivity contribution in [2.45, 2.75) is 44.9 Å². The minimum atomic E-state index is -0.113. The van der Waals surface area contributed by atoms with Crippen LogP contribution in [0.4, 0.5) is 0 Å². The summed E-state index contributed by atoms with van der Waals surface area (Å²) in [5.41, 5.74) is 21.3. The summed E-state index contributed by atoms with van der Waals surface area (Å²) in [6.07, 6.45) is 28.8. The molecule has 17 heterocycles. The van der Waals surface area contributed by atoms with Gasteiger partial charge >= 0.3 is 0 Å².